The van der Waals surface area contributed by atoms with Crippen molar-refractivity contribution in [3.8, 4) is 0 Å². The van der Waals surface area contributed by atoms with Crippen LogP contribution in [0.5, 0.6) is 0 Å². The number of aliphatic hydroxyl groups excluding tert-OH is 1. The predicted molar refractivity (Wildman–Crippen MR) is 137 cm³/mol. The smallest absolute Gasteiger partial charge is 0.272 e. The van der Waals surface area contributed by atoms with Crippen molar-refractivity contribution in [1.29, 1.82) is 0 Å². The second-order valence-electron chi connectivity index (χ2n) is 8.83. The van der Waals surface area contributed by atoms with Gasteiger partial charge < -0.3 is 15.0 Å². The van der Waals surface area contributed by atoms with Gasteiger partial charge in [-0.3, -0.25) is 4.79 Å². The number of nitrogens with one attached hydrogen (secondary N) is 1. The summed E-state index contributed by atoms with van der Waals surface area (Å²) in [4.78, 5) is 27.3. The Morgan fingerprint density at radius 3 is 2.73 bits per heavy atom. The Labute approximate surface area is 199 Å². The van der Waals surface area contributed by atoms with Crippen molar-refractivity contribution in [3.05, 3.63) is 63.8 Å². The Balaban J connectivity index is 1.55. The van der Waals surface area contributed by atoms with Gasteiger partial charge in [0.15, 0.2) is 0 Å². The van der Waals surface area contributed by atoms with Crippen molar-refractivity contribution in [2.75, 3.05) is 5.32 Å². The molecule has 33 heavy (non-hydrogen) atoms. The van der Waals surface area contributed by atoms with Crippen molar-refractivity contribution < 1.29 is 9.90 Å². The molecule has 5 rings (SSSR count). The van der Waals surface area contributed by atoms with E-state index in [-0.39, 0.29) is 12.5 Å². The van der Waals surface area contributed by atoms with E-state index in [9.17, 15) is 9.90 Å². The van der Waals surface area contributed by atoms with E-state index < -0.39 is 8.07 Å². The molecular formula is C23H23N5O2S2Si. The zero-order chi connectivity index (χ0) is 23.2. The average Bonchev–Trinajstić information content (AvgIpc) is 3.51. The van der Waals surface area contributed by atoms with Crippen LogP contribution in [-0.4, -0.2) is 38.6 Å². The van der Waals surface area contributed by atoms with Gasteiger partial charge in [0.25, 0.3) is 5.91 Å². The second-order valence-corrected chi connectivity index (χ2v) is 16.0. The molecule has 0 saturated carbocycles. The van der Waals surface area contributed by atoms with E-state index in [2.05, 4.69) is 58.1 Å². The predicted octanol–water partition coefficient (Wildman–Crippen LogP) is 4.44. The monoisotopic (exact) mass is 493 g/mol. The summed E-state index contributed by atoms with van der Waals surface area (Å²) in [6.07, 6.45) is 3.41. The van der Waals surface area contributed by atoms with Crippen LogP contribution < -0.4 is 10.5 Å². The summed E-state index contributed by atoms with van der Waals surface area (Å²) in [5.41, 5.74) is 2.83. The number of pyridine rings is 1. The number of hydrogen-bond acceptors (Lipinski definition) is 7. The van der Waals surface area contributed by atoms with Gasteiger partial charge in [-0.15, -0.1) is 11.3 Å². The van der Waals surface area contributed by atoms with Crippen LogP contribution in [0.3, 0.4) is 0 Å². The molecule has 0 saturated heterocycles. The number of aliphatic hydroxyl groups is 1. The molecule has 0 fully saturated rings. The molecule has 4 heterocycles. The second kappa shape index (κ2) is 8.45. The maximum Gasteiger partial charge on any atom is 0.272 e. The average molecular weight is 494 g/mol. The van der Waals surface area contributed by atoms with Crippen LogP contribution in [0.1, 0.15) is 20.5 Å². The van der Waals surface area contributed by atoms with Gasteiger partial charge in [0, 0.05) is 22.5 Å². The molecule has 1 aromatic carbocycles. The molecule has 4 aromatic heterocycles. The highest BCUT2D eigenvalue weighted by atomic mass is 32.1. The molecule has 0 aliphatic carbocycles. The molecule has 5 aromatic rings. The first-order valence-corrected chi connectivity index (χ1v) is 15.7. The number of amides is 1. The fraction of sp³-hybridized carbons (Fsp3) is 0.217. The van der Waals surface area contributed by atoms with Gasteiger partial charge >= 0.3 is 0 Å². The molecule has 7 nitrogen and oxygen atoms in total. The van der Waals surface area contributed by atoms with Gasteiger partial charge in [-0.25, -0.2) is 15.0 Å². The molecule has 10 heteroatoms. The number of hydrogen-bond donors (Lipinski definition) is 2. The summed E-state index contributed by atoms with van der Waals surface area (Å²) in [6, 6.07) is 10.2. The Kier molecular flexibility index (Phi) is 5.61. The summed E-state index contributed by atoms with van der Waals surface area (Å²) >= 11 is 2.92. The highest BCUT2D eigenvalue weighted by molar-refractivity contribution is 7.18. The highest BCUT2D eigenvalue weighted by Crippen LogP contribution is 2.25. The van der Waals surface area contributed by atoms with Crippen molar-refractivity contribution in [3.63, 3.8) is 0 Å². The minimum absolute atomic E-state index is 0.126. The fourth-order valence-electron chi connectivity index (χ4n) is 3.74. The van der Waals surface area contributed by atoms with Crippen LogP contribution in [0.2, 0.25) is 19.6 Å². The highest BCUT2D eigenvalue weighted by Gasteiger charge is 2.21. The van der Waals surface area contributed by atoms with Gasteiger partial charge in [0.2, 0.25) is 0 Å². The summed E-state index contributed by atoms with van der Waals surface area (Å²) in [5, 5.41) is 18.2. The number of carbonyl (C=O) groups excluding carboxylic acids is 1. The number of fused-ring (bicyclic) bond motifs is 2. The van der Waals surface area contributed by atoms with Gasteiger partial charge in [0.05, 0.1) is 33.1 Å². The first-order chi connectivity index (χ1) is 15.8. The lowest BCUT2D eigenvalue weighted by Gasteiger charge is -2.17. The molecule has 0 aliphatic heterocycles. The first kappa shape index (κ1) is 21.9. The normalized spacial score (nSPS) is 12.0. The van der Waals surface area contributed by atoms with E-state index in [1.165, 1.54) is 16.5 Å². The van der Waals surface area contributed by atoms with Gasteiger partial charge in [0.1, 0.15) is 26.1 Å². The molecule has 0 unspecified atom stereocenters. The van der Waals surface area contributed by atoms with E-state index in [0.717, 1.165) is 20.7 Å². The van der Waals surface area contributed by atoms with Gasteiger partial charge in [-0.05, 0) is 18.2 Å². The maximum atomic E-state index is 13.4. The van der Waals surface area contributed by atoms with Crippen LogP contribution in [-0.2, 0) is 13.2 Å². The van der Waals surface area contributed by atoms with E-state index in [0.29, 0.717) is 28.5 Å². The van der Waals surface area contributed by atoms with Crippen LogP contribution >= 0.6 is 22.7 Å². The van der Waals surface area contributed by atoms with Crippen LogP contribution in [0.4, 0.5) is 5.69 Å². The Hall–Kier alpha value is -2.92. The molecule has 0 bridgehead atoms. The van der Waals surface area contributed by atoms with Gasteiger partial charge in [-0.1, -0.05) is 48.3 Å². The zero-order valence-corrected chi connectivity index (χ0v) is 21.1. The number of rotatable bonds is 6. The number of benzene rings is 1. The number of carbonyl (C=O) groups is 1. The van der Waals surface area contributed by atoms with Crippen molar-refractivity contribution >= 4 is 68.8 Å². The Morgan fingerprint density at radius 1 is 1.15 bits per heavy atom. The van der Waals surface area contributed by atoms with E-state index in [1.54, 1.807) is 29.8 Å². The lowest BCUT2D eigenvalue weighted by atomic mass is 10.2. The quantitative estimate of drug-likeness (QED) is 0.341. The number of nitrogens with zero attached hydrogens (tertiary/aromatic N) is 4. The molecule has 168 valence electrons. The SMILES string of the molecule is C[Si](C)(C)c1ccc2cc(C(=O)Nc3cnc4sc(CO)nc4c3)n(Cc3nccs3)c2c1. The van der Waals surface area contributed by atoms with Gasteiger partial charge in [-0.2, -0.15) is 0 Å². The largest absolute Gasteiger partial charge is 0.389 e. The minimum Gasteiger partial charge on any atom is -0.389 e. The minimum atomic E-state index is -1.52. The van der Waals surface area contributed by atoms with E-state index in [1.807, 2.05) is 16.0 Å². The fourth-order valence-corrected chi connectivity index (χ4v) is 6.25. The molecular weight excluding hydrogens is 471 g/mol. The molecule has 0 aliphatic rings. The lowest BCUT2D eigenvalue weighted by molar-refractivity contribution is 0.101. The van der Waals surface area contributed by atoms with Crippen molar-refractivity contribution in [2.24, 2.45) is 0 Å². The summed E-state index contributed by atoms with van der Waals surface area (Å²) in [5.74, 6) is -0.212. The maximum absolute atomic E-state index is 13.4. The zero-order valence-electron chi connectivity index (χ0n) is 18.5. The summed E-state index contributed by atoms with van der Waals surface area (Å²) < 4.78 is 2.05. The van der Waals surface area contributed by atoms with Crippen LogP contribution in [0.25, 0.3) is 21.3 Å². The lowest BCUT2D eigenvalue weighted by Crippen LogP contribution is -2.37. The molecule has 0 radical (unpaired) electrons. The Bertz CT molecular complexity index is 1470. The third-order valence-electron chi connectivity index (χ3n) is 5.46. The number of aromatic nitrogens is 4. The summed E-state index contributed by atoms with van der Waals surface area (Å²) in [7, 11) is -1.52. The third kappa shape index (κ3) is 4.34. The summed E-state index contributed by atoms with van der Waals surface area (Å²) in [6.45, 7) is 7.36. The molecule has 0 spiro atoms. The van der Waals surface area contributed by atoms with E-state index >= 15 is 0 Å². The number of thiazole rings is 2. The molecule has 1 amide bonds. The topological polar surface area (TPSA) is 92.9 Å². The third-order valence-corrected chi connectivity index (χ3v) is 9.24. The van der Waals surface area contributed by atoms with Crippen molar-refractivity contribution in [2.45, 2.75) is 32.8 Å². The van der Waals surface area contributed by atoms with Crippen LogP contribution in [0, 0.1) is 0 Å². The van der Waals surface area contributed by atoms with Crippen molar-refractivity contribution in [1.82, 2.24) is 19.5 Å². The Morgan fingerprint density at radius 2 is 2.00 bits per heavy atom. The standard InChI is InChI=1S/C23H23N5O2S2Si/c1-33(2,3)16-5-4-14-8-19(28(18(14)10-16)12-20-24-6-7-31-20)22(30)26-15-9-17-23(25-11-15)32-21(13-29)27-17/h4-11,29H,12-13H2,1-3H3,(H,26,30). The molecule has 0 atom stereocenters. The molecule has 2 N–H and O–H groups in total. The van der Waals surface area contributed by atoms with E-state index in [4.69, 9.17) is 0 Å². The van der Waals surface area contributed by atoms with Crippen LogP contribution in [0.15, 0.2) is 48.1 Å². The first-order valence-electron chi connectivity index (χ1n) is 10.5. The number of anilines is 1.